The molecule has 6 heteroatoms. The van der Waals surface area contributed by atoms with E-state index in [4.69, 9.17) is 10.8 Å². The minimum Gasteiger partial charge on any atom is -0.481 e. The summed E-state index contributed by atoms with van der Waals surface area (Å²) in [5, 5.41) is 20.5. The van der Waals surface area contributed by atoms with Gasteiger partial charge in [0.05, 0.1) is 12.1 Å². The Balaban J connectivity index is 1.43. The maximum Gasteiger partial charge on any atom is 0.303 e. The van der Waals surface area contributed by atoms with E-state index in [2.05, 4.69) is 27.7 Å². The number of unbranched alkanes of at least 4 members (excludes halogenated alkanes) is 1. The number of likely N-dealkylation sites (tertiary alicyclic amines) is 1. The molecular weight excluding hydrogens is 440 g/mol. The molecule has 4 fully saturated rings. The van der Waals surface area contributed by atoms with E-state index in [1.807, 2.05) is 4.90 Å². The van der Waals surface area contributed by atoms with Crippen LogP contribution in [0.2, 0.25) is 0 Å². The fourth-order valence-corrected chi connectivity index (χ4v) is 9.22. The summed E-state index contributed by atoms with van der Waals surface area (Å²) in [6, 6.07) is -0.415. The highest BCUT2D eigenvalue weighted by atomic mass is 16.4. The van der Waals surface area contributed by atoms with Gasteiger partial charge in [-0.25, -0.2) is 0 Å². The number of fused-ring (bicyclic) bond motifs is 5. The maximum atomic E-state index is 13.1. The van der Waals surface area contributed by atoms with E-state index in [-0.39, 0.29) is 29.3 Å². The lowest BCUT2D eigenvalue weighted by Gasteiger charge is -2.62. The van der Waals surface area contributed by atoms with Gasteiger partial charge in [0.25, 0.3) is 0 Å². The number of nitrogens with zero attached hydrogens (tertiary/aromatic N) is 1. The van der Waals surface area contributed by atoms with Gasteiger partial charge in [-0.1, -0.05) is 34.1 Å². The first-order valence-electron chi connectivity index (χ1n) is 14.4. The number of rotatable bonds is 8. The second-order valence-electron chi connectivity index (χ2n) is 13.5. The molecule has 3 aliphatic carbocycles. The van der Waals surface area contributed by atoms with Gasteiger partial charge >= 0.3 is 5.97 Å². The van der Waals surface area contributed by atoms with E-state index in [1.165, 1.54) is 25.7 Å². The van der Waals surface area contributed by atoms with Crippen LogP contribution in [0.3, 0.4) is 0 Å². The van der Waals surface area contributed by atoms with E-state index >= 15 is 0 Å². The van der Waals surface area contributed by atoms with Crippen molar-refractivity contribution in [2.24, 2.45) is 52.1 Å². The summed E-state index contributed by atoms with van der Waals surface area (Å²) in [7, 11) is 0. The van der Waals surface area contributed by atoms with Crippen molar-refractivity contribution >= 4 is 11.9 Å². The first-order chi connectivity index (χ1) is 16.5. The molecule has 3 saturated carbocycles. The Morgan fingerprint density at radius 2 is 1.77 bits per heavy atom. The van der Waals surface area contributed by atoms with Gasteiger partial charge in [-0.2, -0.15) is 0 Å². The van der Waals surface area contributed by atoms with Crippen LogP contribution in [-0.4, -0.2) is 52.2 Å². The van der Waals surface area contributed by atoms with Crippen molar-refractivity contribution in [2.75, 3.05) is 13.1 Å². The summed E-state index contributed by atoms with van der Waals surface area (Å²) in [6.45, 7) is 10.7. The van der Waals surface area contributed by atoms with Crippen molar-refractivity contribution < 1.29 is 19.8 Å². The monoisotopic (exact) mass is 490 g/mol. The number of aliphatic carboxylic acids is 1. The number of hydrogen-bond acceptors (Lipinski definition) is 4. The molecule has 0 radical (unpaired) electrons. The number of aliphatic hydroxyl groups is 1. The fraction of sp³-hybridized carbons (Fsp3) is 0.931. The van der Waals surface area contributed by atoms with Crippen LogP contribution in [0, 0.1) is 46.3 Å². The van der Waals surface area contributed by atoms with E-state index < -0.39 is 12.0 Å². The third-order valence-electron chi connectivity index (χ3n) is 11.2. The maximum absolute atomic E-state index is 13.1. The molecule has 0 aromatic heterocycles. The number of nitrogens with two attached hydrogens (primary N) is 1. The lowest BCUT2D eigenvalue weighted by atomic mass is 9.45. The lowest BCUT2D eigenvalue weighted by molar-refractivity contribution is -0.175. The van der Waals surface area contributed by atoms with Gasteiger partial charge in [-0.05, 0) is 104 Å². The first kappa shape index (κ1) is 26.9. The Morgan fingerprint density at radius 1 is 1.06 bits per heavy atom. The van der Waals surface area contributed by atoms with E-state index in [0.29, 0.717) is 35.5 Å². The van der Waals surface area contributed by atoms with Gasteiger partial charge in [-0.15, -0.1) is 0 Å². The zero-order valence-corrected chi connectivity index (χ0v) is 22.5. The van der Waals surface area contributed by atoms with E-state index in [0.717, 1.165) is 51.6 Å². The van der Waals surface area contributed by atoms with Crippen LogP contribution in [0.1, 0.15) is 98.3 Å². The van der Waals surface area contributed by atoms with Crippen LogP contribution in [-0.2, 0) is 9.59 Å². The largest absolute Gasteiger partial charge is 0.481 e. The molecule has 0 aromatic rings. The Morgan fingerprint density at radius 3 is 2.46 bits per heavy atom. The summed E-state index contributed by atoms with van der Waals surface area (Å²) in [4.78, 5) is 26.0. The topological polar surface area (TPSA) is 104 Å². The SMILES string of the molecule is CC(C)CC(N)C(=O)N1CCC2(C)C(CC(O)C3C4CCC(CCCCC(=O)O)C4(C)CCC32)C1. The van der Waals surface area contributed by atoms with Crippen molar-refractivity contribution in [3.63, 3.8) is 0 Å². The molecule has 0 bridgehead atoms. The van der Waals surface area contributed by atoms with Gasteiger partial charge in [0, 0.05) is 19.5 Å². The lowest BCUT2D eigenvalue weighted by Crippen LogP contribution is -2.62. The summed E-state index contributed by atoms with van der Waals surface area (Å²) in [5.41, 5.74) is 6.72. The number of carbonyl (C=O) groups excluding carboxylic acids is 1. The average Bonchev–Trinajstić information content (AvgIpc) is 3.12. The predicted molar refractivity (Wildman–Crippen MR) is 137 cm³/mol. The molecule has 1 aliphatic heterocycles. The Labute approximate surface area is 212 Å². The summed E-state index contributed by atoms with van der Waals surface area (Å²) < 4.78 is 0. The van der Waals surface area contributed by atoms with Gasteiger partial charge in [0.2, 0.25) is 5.91 Å². The number of amides is 1. The van der Waals surface area contributed by atoms with Crippen LogP contribution in [0.25, 0.3) is 0 Å². The van der Waals surface area contributed by atoms with Gasteiger partial charge in [0.15, 0.2) is 0 Å². The highest BCUT2D eigenvalue weighted by molar-refractivity contribution is 5.81. The van der Waals surface area contributed by atoms with Crippen LogP contribution in [0.5, 0.6) is 0 Å². The molecule has 0 aromatic carbocycles. The van der Waals surface area contributed by atoms with Crippen LogP contribution < -0.4 is 5.73 Å². The molecule has 4 aliphatic rings. The third-order valence-corrected chi connectivity index (χ3v) is 11.2. The van der Waals surface area contributed by atoms with Crippen LogP contribution in [0.4, 0.5) is 0 Å². The summed E-state index contributed by atoms with van der Waals surface area (Å²) in [5.74, 6) is 2.27. The van der Waals surface area contributed by atoms with Gasteiger partial charge < -0.3 is 20.8 Å². The van der Waals surface area contributed by atoms with Crippen LogP contribution >= 0.6 is 0 Å². The molecule has 200 valence electrons. The highest BCUT2D eigenvalue weighted by Gasteiger charge is 2.62. The average molecular weight is 491 g/mol. The number of hydrogen-bond donors (Lipinski definition) is 3. The van der Waals surface area contributed by atoms with Crippen molar-refractivity contribution in [3.05, 3.63) is 0 Å². The second-order valence-corrected chi connectivity index (χ2v) is 13.5. The smallest absolute Gasteiger partial charge is 0.303 e. The summed E-state index contributed by atoms with van der Waals surface area (Å²) in [6.07, 6.45) is 10.3. The van der Waals surface area contributed by atoms with Crippen molar-refractivity contribution in [1.82, 2.24) is 4.90 Å². The first-order valence-corrected chi connectivity index (χ1v) is 14.4. The molecular formula is C29H50N2O4. The molecule has 9 unspecified atom stereocenters. The normalized spacial score (nSPS) is 41.7. The van der Waals surface area contributed by atoms with Crippen LogP contribution in [0.15, 0.2) is 0 Å². The van der Waals surface area contributed by atoms with Crippen molar-refractivity contribution in [1.29, 1.82) is 0 Å². The molecule has 0 spiro atoms. The zero-order valence-electron chi connectivity index (χ0n) is 22.5. The number of carboxylic acid groups (broad SMARTS) is 1. The number of carboxylic acids is 1. The number of piperidine rings is 1. The molecule has 1 heterocycles. The minimum atomic E-state index is -0.691. The third kappa shape index (κ3) is 5.03. The molecule has 35 heavy (non-hydrogen) atoms. The highest BCUT2D eigenvalue weighted by Crippen LogP contribution is 2.67. The Bertz CT molecular complexity index is 787. The standard InChI is InChI=1S/C29H50N2O4/c1-18(2)15-23(30)27(35)31-14-13-29(4)20(17-31)16-24(32)26-21-10-9-19(7-5-6-8-25(33)34)28(21,3)12-11-22(26)29/h18-24,26,32H,5-17,30H2,1-4H3,(H,33,34). The molecule has 6 nitrogen and oxygen atoms in total. The van der Waals surface area contributed by atoms with Crippen molar-refractivity contribution in [3.8, 4) is 0 Å². The Kier molecular flexibility index (Phi) is 7.93. The molecule has 1 saturated heterocycles. The molecule has 4 rings (SSSR count). The van der Waals surface area contributed by atoms with Gasteiger partial charge in [0.1, 0.15) is 0 Å². The molecule has 4 N–H and O–H groups in total. The fourth-order valence-electron chi connectivity index (χ4n) is 9.22. The number of carbonyl (C=O) groups is 2. The van der Waals surface area contributed by atoms with E-state index in [1.54, 1.807) is 0 Å². The Hall–Kier alpha value is -1.14. The molecule has 9 atom stereocenters. The predicted octanol–water partition coefficient (Wildman–Crippen LogP) is 4.68. The van der Waals surface area contributed by atoms with Gasteiger partial charge in [-0.3, -0.25) is 9.59 Å². The second kappa shape index (κ2) is 10.3. The van der Waals surface area contributed by atoms with Crippen molar-refractivity contribution in [2.45, 2.75) is 110 Å². The zero-order chi connectivity index (χ0) is 25.5. The summed E-state index contributed by atoms with van der Waals surface area (Å²) >= 11 is 0. The number of aliphatic hydroxyl groups excluding tert-OH is 1. The quantitative estimate of drug-likeness (QED) is 0.429. The minimum absolute atomic E-state index is 0.0927. The molecule has 1 amide bonds. The van der Waals surface area contributed by atoms with E-state index in [9.17, 15) is 14.7 Å².